The van der Waals surface area contributed by atoms with E-state index in [1.165, 1.54) is 5.56 Å². The zero-order valence-electron chi connectivity index (χ0n) is 11.4. The zero-order valence-corrected chi connectivity index (χ0v) is 11.4. The number of anilines is 2. The van der Waals surface area contributed by atoms with Crippen LogP contribution >= 0.6 is 0 Å². The molecule has 2 rings (SSSR count). The highest BCUT2D eigenvalue weighted by atomic mass is 16.5. The van der Waals surface area contributed by atoms with Gasteiger partial charge in [0.2, 0.25) is 0 Å². The van der Waals surface area contributed by atoms with Crippen LogP contribution in [0.4, 0.5) is 11.4 Å². The van der Waals surface area contributed by atoms with E-state index >= 15 is 0 Å². The summed E-state index contributed by atoms with van der Waals surface area (Å²) >= 11 is 0. The third kappa shape index (κ3) is 4.21. The van der Waals surface area contributed by atoms with Gasteiger partial charge in [-0.25, -0.2) is 0 Å². The first-order valence-electron chi connectivity index (χ1n) is 6.48. The molecule has 0 aromatic heterocycles. The molecule has 0 fully saturated rings. The van der Waals surface area contributed by atoms with Crippen molar-refractivity contribution in [3.63, 3.8) is 0 Å². The number of nitrogens with two attached hydrogens (primary N) is 1. The number of nitrogens with one attached hydrogen (secondary N) is 1. The van der Waals surface area contributed by atoms with Crippen molar-refractivity contribution in [3.05, 3.63) is 54.1 Å². The van der Waals surface area contributed by atoms with Gasteiger partial charge in [-0.15, -0.1) is 0 Å². The highest BCUT2D eigenvalue weighted by molar-refractivity contribution is 5.47. The van der Waals surface area contributed by atoms with Gasteiger partial charge in [0.15, 0.2) is 0 Å². The molecule has 0 radical (unpaired) electrons. The minimum Gasteiger partial charge on any atom is -0.491 e. The molecule has 3 N–H and O–H groups in total. The zero-order chi connectivity index (χ0) is 13.7. The van der Waals surface area contributed by atoms with E-state index in [0.29, 0.717) is 0 Å². The first kappa shape index (κ1) is 13.3. The Balaban J connectivity index is 1.91. The van der Waals surface area contributed by atoms with Gasteiger partial charge in [-0.2, -0.15) is 0 Å². The fourth-order valence-electron chi connectivity index (χ4n) is 1.76. The second kappa shape index (κ2) is 6.14. The SMILES string of the molecule is CC(C)Oc1ccc(NCc2ccc(N)cc2)cc1. The van der Waals surface area contributed by atoms with Gasteiger partial charge in [0.05, 0.1) is 6.10 Å². The lowest BCUT2D eigenvalue weighted by molar-refractivity contribution is 0.242. The van der Waals surface area contributed by atoms with E-state index in [-0.39, 0.29) is 6.10 Å². The van der Waals surface area contributed by atoms with E-state index in [2.05, 4.69) is 5.32 Å². The highest BCUT2D eigenvalue weighted by Gasteiger charge is 1.98. The van der Waals surface area contributed by atoms with Crippen molar-refractivity contribution in [1.82, 2.24) is 0 Å². The fourth-order valence-corrected chi connectivity index (χ4v) is 1.76. The minimum atomic E-state index is 0.202. The average molecular weight is 256 g/mol. The van der Waals surface area contributed by atoms with Gasteiger partial charge >= 0.3 is 0 Å². The molecule has 3 heteroatoms. The van der Waals surface area contributed by atoms with Crippen LogP contribution in [0.1, 0.15) is 19.4 Å². The molecule has 0 saturated carbocycles. The highest BCUT2D eigenvalue weighted by Crippen LogP contribution is 2.17. The largest absolute Gasteiger partial charge is 0.491 e. The lowest BCUT2D eigenvalue weighted by atomic mass is 10.2. The topological polar surface area (TPSA) is 47.3 Å². The van der Waals surface area contributed by atoms with E-state index in [4.69, 9.17) is 10.5 Å². The van der Waals surface area contributed by atoms with Crippen LogP contribution in [0.25, 0.3) is 0 Å². The third-order valence-corrected chi connectivity index (χ3v) is 2.70. The van der Waals surface area contributed by atoms with Crippen LogP contribution in [0, 0.1) is 0 Å². The van der Waals surface area contributed by atoms with Gasteiger partial charge in [-0.3, -0.25) is 0 Å². The smallest absolute Gasteiger partial charge is 0.119 e. The molecule has 0 saturated heterocycles. The lowest BCUT2D eigenvalue weighted by Crippen LogP contribution is -2.05. The summed E-state index contributed by atoms with van der Waals surface area (Å²) in [7, 11) is 0. The number of ether oxygens (including phenoxy) is 1. The van der Waals surface area contributed by atoms with Crippen LogP contribution in [0.5, 0.6) is 5.75 Å². The molecule has 0 unspecified atom stereocenters. The molecule has 0 spiro atoms. The summed E-state index contributed by atoms with van der Waals surface area (Å²) in [5.41, 5.74) is 8.73. The molecule has 100 valence electrons. The summed E-state index contributed by atoms with van der Waals surface area (Å²) in [6.07, 6.45) is 0.202. The summed E-state index contributed by atoms with van der Waals surface area (Å²) in [6.45, 7) is 4.82. The van der Waals surface area contributed by atoms with Crippen LogP contribution in [0.2, 0.25) is 0 Å². The Bertz CT molecular complexity index is 503. The van der Waals surface area contributed by atoms with Crippen molar-refractivity contribution in [2.24, 2.45) is 0 Å². The van der Waals surface area contributed by atoms with Crippen LogP contribution in [-0.2, 0) is 6.54 Å². The normalized spacial score (nSPS) is 10.5. The Morgan fingerprint density at radius 1 is 1.00 bits per heavy atom. The minimum absolute atomic E-state index is 0.202. The fraction of sp³-hybridized carbons (Fsp3) is 0.250. The third-order valence-electron chi connectivity index (χ3n) is 2.70. The first-order chi connectivity index (χ1) is 9.13. The molecule has 19 heavy (non-hydrogen) atoms. The Kier molecular flexibility index (Phi) is 4.29. The molecule has 0 aliphatic heterocycles. The predicted octanol–water partition coefficient (Wildman–Crippen LogP) is 3.67. The van der Waals surface area contributed by atoms with Gasteiger partial charge in [0.25, 0.3) is 0 Å². The number of rotatable bonds is 5. The van der Waals surface area contributed by atoms with Crippen molar-refractivity contribution >= 4 is 11.4 Å². The first-order valence-corrected chi connectivity index (χ1v) is 6.48. The van der Waals surface area contributed by atoms with Gasteiger partial charge in [0, 0.05) is 17.9 Å². The van der Waals surface area contributed by atoms with Crippen molar-refractivity contribution in [1.29, 1.82) is 0 Å². The molecule has 2 aromatic rings. The maximum atomic E-state index is 5.66. The second-order valence-electron chi connectivity index (χ2n) is 4.79. The summed E-state index contributed by atoms with van der Waals surface area (Å²) in [5, 5.41) is 3.36. The number of hydrogen-bond acceptors (Lipinski definition) is 3. The predicted molar refractivity (Wildman–Crippen MR) is 80.4 cm³/mol. The second-order valence-corrected chi connectivity index (χ2v) is 4.79. The monoisotopic (exact) mass is 256 g/mol. The van der Waals surface area contributed by atoms with Gasteiger partial charge < -0.3 is 15.8 Å². The Morgan fingerprint density at radius 2 is 1.63 bits per heavy atom. The Labute approximate surface area is 114 Å². The quantitative estimate of drug-likeness (QED) is 0.802. The summed E-state index contributed by atoms with van der Waals surface area (Å²) in [6, 6.07) is 15.9. The average Bonchev–Trinajstić information content (AvgIpc) is 2.39. The molecular formula is C16H20N2O. The number of benzene rings is 2. The van der Waals surface area contributed by atoms with Gasteiger partial charge in [-0.05, 0) is 55.8 Å². The van der Waals surface area contributed by atoms with E-state index in [1.54, 1.807) is 0 Å². The van der Waals surface area contributed by atoms with E-state index in [1.807, 2.05) is 62.4 Å². The van der Waals surface area contributed by atoms with Crippen LogP contribution in [0.15, 0.2) is 48.5 Å². The van der Waals surface area contributed by atoms with Gasteiger partial charge in [0.1, 0.15) is 5.75 Å². The molecule has 0 atom stereocenters. The molecule has 2 aromatic carbocycles. The molecular weight excluding hydrogens is 236 g/mol. The molecule has 0 aliphatic carbocycles. The molecule has 0 heterocycles. The van der Waals surface area contributed by atoms with Crippen molar-refractivity contribution < 1.29 is 4.74 Å². The van der Waals surface area contributed by atoms with Crippen molar-refractivity contribution in [3.8, 4) is 5.75 Å². The number of nitrogen functional groups attached to an aromatic ring is 1. The van der Waals surface area contributed by atoms with Crippen LogP contribution < -0.4 is 15.8 Å². The van der Waals surface area contributed by atoms with Crippen molar-refractivity contribution in [2.75, 3.05) is 11.1 Å². The maximum absolute atomic E-state index is 5.66. The Hall–Kier alpha value is -2.16. The standard InChI is InChI=1S/C16H20N2O/c1-12(2)19-16-9-7-15(8-10-16)18-11-13-3-5-14(17)6-4-13/h3-10,12,18H,11,17H2,1-2H3. The van der Waals surface area contributed by atoms with E-state index in [0.717, 1.165) is 23.7 Å². The van der Waals surface area contributed by atoms with E-state index < -0.39 is 0 Å². The van der Waals surface area contributed by atoms with Gasteiger partial charge in [-0.1, -0.05) is 12.1 Å². The lowest BCUT2D eigenvalue weighted by Gasteiger charge is -2.11. The van der Waals surface area contributed by atoms with Crippen LogP contribution in [0.3, 0.4) is 0 Å². The summed E-state index contributed by atoms with van der Waals surface area (Å²) in [4.78, 5) is 0. The molecule has 3 nitrogen and oxygen atoms in total. The Morgan fingerprint density at radius 3 is 2.21 bits per heavy atom. The number of hydrogen-bond donors (Lipinski definition) is 2. The van der Waals surface area contributed by atoms with Crippen molar-refractivity contribution in [2.45, 2.75) is 26.5 Å². The van der Waals surface area contributed by atoms with E-state index in [9.17, 15) is 0 Å². The molecule has 0 amide bonds. The maximum Gasteiger partial charge on any atom is 0.119 e. The molecule has 0 aliphatic rings. The van der Waals surface area contributed by atoms with Crippen LogP contribution in [-0.4, -0.2) is 6.10 Å². The molecule has 0 bridgehead atoms. The summed E-state index contributed by atoms with van der Waals surface area (Å²) in [5.74, 6) is 0.896. The summed E-state index contributed by atoms with van der Waals surface area (Å²) < 4.78 is 5.60.